The Morgan fingerprint density at radius 3 is 2.25 bits per heavy atom. The Morgan fingerprint density at radius 2 is 1.70 bits per heavy atom. The summed E-state index contributed by atoms with van der Waals surface area (Å²) in [6, 6.07) is 1.06. The molecule has 20 heavy (non-hydrogen) atoms. The minimum Gasteiger partial charge on any atom is -0.312 e. The Kier molecular flexibility index (Phi) is 5.69. The number of rotatable bonds is 5. The molecule has 118 valence electrons. The van der Waals surface area contributed by atoms with Gasteiger partial charge in [-0.1, -0.05) is 12.8 Å². The summed E-state index contributed by atoms with van der Waals surface area (Å²) in [6.07, 6.45) is 1.11. The van der Waals surface area contributed by atoms with Gasteiger partial charge in [0.2, 0.25) is 0 Å². The predicted molar refractivity (Wildman–Crippen MR) is 73.8 cm³/mol. The highest BCUT2D eigenvalue weighted by Crippen LogP contribution is 2.19. The fourth-order valence-corrected chi connectivity index (χ4v) is 3.21. The number of piperazine rings is 1. The first-order valence-corrected chi connectivity index (χ1v) is 7.70. The molecule has 1 heterocycles. The van der Waals surface area contributed by atoms with E-state index in [1.807, 2.05) is 0 Å². The van der Waals surface area contributed by atoms with Gasteiger partial charge >= 0.3 is 6.18 Å². The summed E-state index contributed by atoms with van der Waals surface area (Å²) < 4.78 is 37.0. The molecule has 0 radical (unpaired) electrons. The van der Waals surface area contributed by atoms with Crippen molar-refractivity contribution in [1.82, 2.24) is 15.1 Å². The first kappa shape index (κ1) is 16.0. The summed E-state index contributed by atoms with van der Waals surface area (Å²) >= 11 is 0. The monoisotopic (exact) mass is 293 g/mol. The Bertz CT molecular complexity index is 282. The summed E-state index contributed by atoms with van der Waals surface area (Å²) in [5, 5.41) is 3.59. The molecule has 2 rings (SSSR count). The van der Waals surface area contributed by atoms with Crippen molar-refractivity contribution in [3.63, 3.8) is 0 Å². The van der Waals surface area contributed by atoms with Crippen LogP contribution in [0, 0.1) is 0 Å². The fraction of sp³-hybridized carbons (Fsp3) is 1.00. The van der Waals surface area contributed by atoms with E-state index in [0.717, 1.165) is 19.6 Å². The second-order valence-corrected chi connectivity index (χ2v) is 6.17. The van der Waals surface area contributed by atoms with E-state index < -0.39 is 12.7 Å². The highest BCUT2D eigenvalue weighted by Gasteiger charge is 2.32. The van der Waals surface area contributed by atoms with Crippen molar-refractivity contribution in [2.24, 2.45) is 0 Å². The first-order valence-electron chi connectivity index (χ1n) is 7.70. The van der Waals surface area contributed by atoms with Crippen LogP contribution in [-0.2, 0) is 0 Å². The zero-order valence-electron chi connectivity index (χ0n) is 12.3. The average molecular weight is 293 g/mol. The van der Waals surface area contributed by atoms with Gasteiger partial charge in [-0.05, 0) is 19.8 Å². The number of hydrogen-bond donors (Lipinski definition) is 1. The molecular weight excluding hydrogens is 267 g/mol. The van der Waals surface area contributed by atoms with Gasteiger partial charge in [0.05, 0.1) is 6.54 Å². The third-order valence-electron chi connectivity index (χ3n) is 4.49. The first-order chi connectivity index (χ1) is 9.44. The van der Waals surface area contributed by atoms with Crippen LogP contribution in [-0.4, -0.2) is 67.3 Å². The van der Waals surface area contributed by atoms with Gasteiger partial charge in [0.25, 0.3) is 0 Å². The number of nitrogens with zero attached hydrogens (tertiary/aromatic N) is 2. The minimum atomic E-state index is -4.07. The molecule has 1 N–H and O–H groups in total. The summed E-state index contributed by atoms with van der Waals surface area (Å²) in [5.74, 6) is 0. The van der Waals surface area contributed by atoms with Crippen molar-refractivity contribution in [2.45, 2.75) is 50.9 Å². The van der Waals surface area contributed by atoms with E-state index in [-0.39, 0.29) is 0 Å². The van der Waals surface area contributed by atoms with Gasteiger partial charge in [-0.25, -0.2) is 0 Å². The molecule has 1 aliphatic heterocycles. The number of nitrogens with one attached hydrogen (secondary N) is 1. The third-order valence-corrected chi connectivity index (χ3v) is 4.49. The van der Waals surface area contributed by atoms with Crippen molar-refractivity contribution in [3.05, 3.63) is 0 Å². The highest BCUT2D eigenvalue weighted by molar-refractivity contribution is 4.81. The SMILES string of the molecule is CC(CNC1CCCC1)N1CCN(CC(F)(F)F)CC1. The van der Waals surface area contributed by atoms with E-state index in [0.29, 0.717) is 25.2 Å². The fourth-order valence-electron chi connectivity index (χ4n) is 3.21. The Hall–Kier alpha value is -0.330. The maximum absolute atomic E-state index is 12.3. The quantitative estimate of drug-likeness (QED) is 0.837. The molecule has 0 bridgehead atoms. The van der Waals surface area contributed by atoms with Gasteiger partial charge in [0, 0.05) is 44.8 Å². The van der Waals surface area contributed by atoms with Crippen molar-refractivity contribution in [1.29, 1.82) is 0 Å². The van der Waals surface area contributed by atoms with Crippen molar-refractivity contribution in [2.75, 3.05) is 39.3 Å². The third kappa shape index (κ3) is 5.22. The van der Waals surface area contributed by atoms with E-state index in [1.54, 1.807) is 0 Å². The van der Waals surface area contributed by atoms with Crippen LogP contribution in [0.25, 0.3) is 0 Å². The molecule has 0 spiro atoms. The molecule has 1 saturated carbocycles. The number of alkyl halides is 3. The second-order valence-electron chi connectivity index (χ2n) is 6.17. The zero-order chi connectivity index (χ0) is 14.6. The van der Waals surface area contributed by atoms with Crippen molar-refractivity contribution < 1.29 is 13.2 Å². The van der Waals surface area contributed by atoms with Gasteiger partial charge in [-0.15, -0.1) is 0 Å². The van der Waals surface area contributed by atoms with Gasteiger partial charge in [0.15, 0.2) is 0 Å². The van der Waals surface area contributed by atoms with E-state index in [4.69, 9.17) is 0 Å². The standard InChI is InChI=1S/C14H26F3N3/c1-12(10-18-13-4-2-3-5-13)20-8-6-19(7-9-20)11-14(15,16)17/h12-13,18H,2-11H2,1H3. The lowest BCUT2D eigenvalue weighted by atomic mass is 10.2. The molecule has 0 amide bonds. The molecule has 1 atom stereocenters. The van der Waals surface area contributed by atoms with Gasteiger partial charge in [-0.3, -0.25) is 9.80 Å². The van der Waals surface area contributed by atoms with Gasteiger partial charge in [-0.2, -0.15) is 13.2 Å². The highest BCUT2D eigenvalue weighted by atomic mass is 19.4. The number of halogens is 3. The molecule has 1 aliphatic carbocycles. The molecule has 0 aromatic heterocycles. The molecule has 1 saturated heterocycles. The molecule has 2 aliphatic rings. The Morgan fingerprint density at radius 1 is 1.10 bits per heavy atom. The van der Waals surface area contributed by atoms with Crippen molar-refractivity contribution >= 4 is 0 Å². The molecule has 6 heteroatoms. The van der Waals surface area contributed by atoms with Crippen molar-refractivity contribution in [3.8, 4) is 0 Å². The maximum atomic E-state index is 12.3. The predicted octanol–water partition coefficient (Wildman–Crippen LogP) is 2.09. The average Bonchev–Trinajstić information content (AvgIpc) is 2.88. The normalized spacial score (nSPS) is 25.2. The van der Waals surface area contributed by atoms with E-state index in [9.17, 15) is 13.2 Å². The van der Waals surface area contributed by atoms with Crippen LogP contribution in [0.2, 0.25) is 0 Å². The van der Waals surface area contributed by atoms with Crippen LogP contribution in [0.5, 0.6) is 0 Å². The van der Waals surface area contributed by atoms with Crippen LogP contribution in [0.15, 0.2) is 0 Å². The summed E-state index contributed by atoms with van der Waals surface area (Å²) in [4.78, 5) is 3.81. The largest absolute Gasteiger partial charge is 0.401 e. The molecule has 0 aromatic rings. The van der Waals surface area contributed by atoms with Crippen LogP contribution >= 0.6 is 0 Å². The molecule has 2 fully saturated rings. The summed E-state index contributed by atoms with van der Waals surface area (Å²) in [5.41, 5.74) is 0. The Labute approximate surface area is 119 Å². The summed E-state index contributed by atoms with van der Waals surface area (Å²) in [7, 11) is 0. The van der Waals surface area contributed by atoms with Crippen LogP contribution in [0.4, 0.5) is 13.2 Å². The second kappa shape index (κ2) is 7.09. The van der Waals surface area contributed by atoms with Gasteiger partial charge in [0.1, 0.15) is 0 Å². The van der Waals surface area contributed by atoms with Crippen LogP contribution in [0.3, 0.4) is 0 Å². The van der Waals surface area contributed by atoms with Crippen LogP contribution in [0.1, 0.15) is 32.6 Å². The molecule has 0 aromatic carbocycles. The lowest BCUT2D eigenvalue weighted by molar-refractivity contribution is -0.149. The minimum absolute atomic E-state index is 0.406. The van der Waals surface area contributed by atoms with Gasteiger partial charge < -0.3 is 5.32 Å². The topological polar surface area (TPSA) is 18.5 Å². The number of hydrogen-bond acceptors (Lipinski definition) is 3. The van der Waals surface area contributed by atoms with Crippen LogP contribution < -0.4 is 5.32 Å². The smallest absolute Gasteiger partial charge is 0.312 e. The van der Waals surface area contributed by atoms with E-state index in [2.05, 4.69) is 17.1 Å². The lowest BCUT2D eigenvalue weighted by Crippen LogP contribution is -2.53. The molecule has 1 unspecified atom stereocenters. The molecular formula is C14H26F3N3. The summed E-state index contributed by atoms with van der Waals surface area (Å²) in [6.45, 7) is 4.87. The maximum Gasteiger partial charge on any atom is 0.401 e. The van der Waals surface area contributed by atoms with E-state index >= 15 is 0 Å². The lowest BCUT2D eigenvalue weighted by Gasteiger charge is -2.38. The zero-order valence-corrected chi connectivity index (χ0v) is 12.3. The Balaban J connectivity index is 1.64. The molecule has 3 nitrogen and oxygen atoms in total. The van der Waals surface area contributed by atoms with E-state index in [1.165, 1.54) is 30.6 Å².